The van der Waals surface area contributed by atoms with Crippen LogP contribution in [0.3, 0.4) is 0 Å². The minimum Gasteiger partial charge on any atom is -0.316 e. The zero-order chi connectivity index (χ0) is 15.2. The Hall–Kier alpha value is -0.960. The molecule has 0 radical (unpaired) electrons. The molecule has 0 fully saturated rings. The van der Waals surface area contributed by atoms with Gasteiger partial charge in [-0.25, -0.2) is 9.97 Å². The molecule has 2 rings (SSSR count). The van der Waals surface area contributed by atoms with Gasteiger partial charge in [0.1, 0.15) is 5.82 Å². The molecule has 21 heavy (non-hydrogen) atoms. The van der Waals surface area contributed by atoms with Crippen molar-refractivity contribution in [3.8, 4) is 0 Å². The predicted molar refractivity (Wildman–Crippen MR) is 88.6 cm³/mol. The Balaban J connectivity index is 1.97. The first kappa shape index (κ1) is 16.4. The van der Waals surface area contributed by atoms with E-state index in [1.807, 2.05) is 0 Å². The molecule has 1 heterocycles. The lowest BCUT2D eigenvalue weighted by atomic mass is 9.85. The maximum atomic E-state index is 4.82. The van der Waals surface area contributed by atoms with Gasteiger partial charge in [-0.3, -0.25) is 0 Å². The van der Waals surface area contributed by atoms with E-state index in [-0.39, 0.29) is 0 Å². The van der Waals surface area contributed by atoms with Gasteiger partial charge in [-0.2, -0.15) is 0 Å². The summed E-state index contributed by atoms with van der Waals surface area (Å²) in [7, 11) is 0. The maximum Gasteiger partial charge on any atom is 0.128 e. The Morgan fingerprint density at radius 2 is 2.10 bits per heavy atom. The predicted octanol–water partition coefficient (Wildman–Crippen LogP) is 3.48. The van der Waals surface area contributed by atoms with Crippen molar-refractivity contribution in [2.45, 2.75) is 66.2 Å². The van der Waals surface area contributed by atoms with Crippen LogP contribution in [-0.4, -0.2) is 23.1 Å². The Bertz CT molecular complexity index is 454. The zero-order valence-corrected chi connectivity index (χ0v) is 14.2. The summed E-state index contributed by atoms with van der Waals surface area (Å²) < 4.78 is 0. The van der Waals surface area contributed by atoms with Crippen molar-refractivity contribution in [2.24, 2.45) is 11.8 Å². The minimum atomic E-state index is 0.729. The van der Waals surface area contributed by atoms with Crippen molar-refractivity contribution in [1.29, 1.82) is 0 Å². The molecule has 0 amide bonds. The van der Waals surface area contributed by atoms with Gasteiger partial charge < -0.3 is 5.32 Å². The third-order valence-electron chi connectivity index (χ3n) is 4.37. The quantitative estimate of drug-likeness (QED) is 0.835. The molecule has 0 aromatic carbocycles. The highest BCUT2D eigenvalue weighted by Crippen LogP contribution is 2.26. The SMILES string of the molecule is CCCCc1nc(C)c2c(n1)CCC(CNCC(C)C)C2. The van der Waals surface area contributed by atoms with Gasteiger partial charge in [0.2, 0.25) is 0 Å². The molecule has 0 saturated carbocycles. The molecule has 0 spiro atoms. The summed E-state index contributed by atoms with van der Waals surface area (Å²) in [5, 5.41) is 3.60. The van der Waals surface area contributed by atoms with Crippen molar-refractivity contribution in [3.05, 3.63) is 22.8 Å². The number of aromatic nitrogens is 2. The van der Waals surface area contributed by atoms with Gasteiger partial charge in [-0.15, -0.1) is 0 Å². The lowest BCUT2D eigenvalue weighted by Gasteiger charge is -2.26. The van der Waals surface area contributed by atoms with E-state index in [0.717, 1.165) is 50.0 Å². The van der Waals surface area contributed by atoms with E-state index >= 15 is 0 Å². The van der Waals surface area contributed by atoms with Gasteiger partial charge >= 0.3 is 0 Å². The van der Waals surface area contributed by atoms with Crippen LogP contribution in [0.15, 0.2) is 0 Å². The van der Waals surface area contributed by atoms with Crippen LogP contribution in [0.25, 0.3) is 0 Å². The summed E-state index contributed by atoms with van der Waals surface area (Å²) in [5.74, 6) is 2.54. The van der Waals surface area contributed by atoms with Gasteiger partial charge in [0.25, 0.3) is 0 Å². The van der Waals surface area contributed by atoms with Gasteiger partial charge in [-0.05, 0) is 63.1 Å². The maximum absolute atomic E-state index is 4.82. The van der Waals surface area contributed by atoms with E-state index in [1.54, 1.807) is 0 Å². The summed E-state index contributed by atoms with van der Waals surface area (Å²) in [5.41, 5.74) is 3.98. The fourth-order valence-electron chi connectivity index (χ4n) is 3.12. The average molecular weight is 289 g/mol. The molecule has 1 N–H and O–H groups in total. The van der Waals surface area contributed by atoms with Crippen molar-refractivity contribution in [3.63, 3.8) is 0 Å². The van der Waals surface area contributed by atoms with Crippen LogP contribution >= 0.6 is 0 Å². The van der Waals surface area contributed by atoms with Crippen LogP contribution < -0.4 is 5.32 Å². The first-order valence-electron chi connectivity index (χ1n) is 8.66. The fraction of sp³-hybridized carbons (Fsp3) is 0.778. The van der Waals surface area contributed by atoms with Gasteiger partial charge in [0.05, 0.1) is 0 Å². The van der Waals surface area contributed by atoms with Crippen LogP contribution in [0.2, 0.25) is 0 Å². The van der Waals surface area contributed by atoms with E-state index in [4.69, 9.17) is 9.97 Å². The molecule has 1 aromatic heterocycles. The molecule has 0 aliphatic heterocycles. The number of rotatable bonds is 7. The first-order chi connectivity index (χ1) is 10.1. The standard InChI is InChI=1S/C18H31N3/c1-5-6-7-18-20-14(4)16-10-15(8-9-17(16)21-18)12-19-11-13(2)3/h13,15,19H,5-12H2,1-4H3. The molecule has 1 aliphatic rings. The molecule has 3 heteroatoms. The van der Waals surface area contributed by atoms with Crippen LogP contribution in [0.5, 0.6) is 0 Å². The molecule has 0 bridgehead atoms. The van der Waals surface area contributed by atoms with Crippen molar-refractivity contribution in [2.75, 3.05) is 13.1 Å². The van der Waals surface area contributed by atoms with Crippen molar-refractivity contribution < 1.29 is 0 Å². The van der Waals surface area contributed by atoms with Gasteiger partial charge in [0, 0.05) is 17.8 Å². The van der Waals surface area contributed by atoms with Crippen molar-refractivity contribution in [1.82, 2.24) is 15.3 Å². The van der Waals surface area contributed by atoms with Gasteiger partial charge in [0.15, 0.2) is 0 Å². The van der Waals surface area contributed by atoms with E-state index in [1.165, 1.54) is 36.2 Å². The molecule has 1 atom stereocenters. The lowest BCUT2D eigenvalue weighted by molar-refractivity contribution is 0.403. The molecule has 118 valence electrons. The number of unbranched alkanes of at least 4 members (excludes halogenated alkanes) is 1. The van der Waals surface area contributed by atoms with Crippen LogP contribution in [0.1, 0.15) is 62.8 Å². The minimum absolute atomic E-state index is 0.729. The van der Waals surface area contributed by atoms with E-state index in [2.05, 4.69) is 33.0 Å². The number of aryl methyl sites for hydroxylation is 3. The van der Waals surface area contributed by atoms with Crippen LogP contribution in [-0.2, 0) is 19.3 Å². The second-order valence-corrected chi connectivity index (χ2v) is 6.91. The molecular formula is C18H31N3. The van der Waals surface area contributed by atoms with E-state index < -0.39 is 0 Å². The number of hydrogen-bond acceptors (Lipinski definition) is 3. The number of hydrogen-bond donors (Lipinski definition) is 1. The first-order valence-corrected chi connectivity index (χ1v) is 8.66. The summed E-state index contributed by atoms with van der Waals surface area (Å²) >= 11 is 0. The fourth-order valence-corrected chi connectivity index (χ4v) is 3.12. The summed E-state index contributed by atoms with van der Waals surface area (Å²) in [6.45, 7) is 11.2. The Morgan fingerprint density at radius 3 is 2.81 bits per heavy atom. The average Bonchev–Trinajstić information content (AvgIpc) is 2.45. The molecular weight excluding hydrogens is 258 g/mol. The number of fused-ring (bicyclic) bond motifs is 1. The van der Waals surface area contributed by atoms with Gasteiger partial charge in [-0.1, -0.05) is 27.2 Å². The summed E-state index contributed by atoms with van der Waals surface area (Å²) in [6, 6.07) is 0. The lowest BCUT2D eigenvalue weighted by Crippen LogP contribution is -2.30. The Kier molecular flexibility index (Phi) is 6.16. The second-order valence-electron chi connectivity index (χ2n) is 6.91. The summed E-state index contributed by atoms with van der Waals surface area (Å²) in [4.78, 5) is 9.56. The zero-order valence-electron chi connectivity index (χ0n) is 14.2. The number of nitrogens with zero attached hydrogens (tertiary/aromatic N) is 2. The molecule has 1 aliphatic carbocycles. The third-order valence-corrected chi connectivity index (χ3v) is 4.37. The highest BCUT2D eigenvalue weighted by Gasteiger charge is 2.22. The number of nitrogens with one attached hydrogen (secondary N) is 1. The Labute approximate surface area is 130 Å². The molecule has 0 saturated heterocycles. The molecule has 1 aromatic rings. The second kappa shape index (κ2) is 7.88. The monoisotopic (exact) mass is 289 g/mol. The highest BCUT2D eigenvalue weighted by atomic mass is 14.9. The van der Waals surface area contributed by atoms with E-state index in [0.29, 0.717) is 0 Å². The smallest absolute Gasteiger partial charge is 0.128 e. The third kappa shape index (κ3) is 4.77. The normalized spacial score (nSPS) is 18.0. The van der Waals surface area contributed by atoms with Crippen LogP contribution in [0, 0.1) is 18.8 Å². The Morgan fingerprint density at radius 1 is 1.29 bits per heavy atom. The summed E-state index contributed by atoms with van der Waals surface area (Å²) in [6.07, 6.45) is 6.99. The molecule has 1 unspecified atom stereocenters. The van der Waals surface area contributed by atoms with E-state index in [9.17, 15) is 0 Å². The molecule has 3 nitrogen and oxygen atoms in total. The topological polar surface area (TPSA) is 37.8 Å². The van der Waals surface area contributed by atoms with Crippen molar-refractivity contribution >= 4 is 0 Å². The highest BCUT2D eigenvalue weighted by molar-refractivity contribution is 5.28. The van der Waals surface area contributed by atoms with Crippen LogP contribution in [0.4, 0.5) is 0 Å². The largest absolute Gasteiger partial charge is 0.316 e.